The molecular weight excluding hydrogens is 362 g/mol. The number of hydrogen-bond donors (Lipinski definition) is 2. The van der Waals surface area contributed by atoms with Crippen molar-refractivity contribution in [1.82, 2.24) is 20.2 Å². The van der Waals surface area contributed by atoms with Gasteiger partial charge in [0.05, 0.1) is 12.2 Å². The van der Waals surface area contributed by atoms with Crippen LogP contribution in [0.15, 0.2) is 36.5 Å². The van der Waals surface area contributed by atoms with Crippen LogP contribution in [0.3, 0.4) is 0 Å². The van der Waals surface area contributed by atoms with E-state index in [-0.39, 0.29) is 11.6 Å². The summed E-state index contributed by atoms with van der Waals surface area (Å²) in [5.74, 6) is 0.176. The van der Waals surface area contributed by atoms with Crippen LogP contribution in [0.5, 0.6) is 5.88 Å². The van der Waals surface area contributed by atoms with Gasteiger partial charge < -0.3 is 25.0 Å². The van der Waals surface area contributed by atoms with Crippen molar-refractivity contribution in [2.45, 2.75) is 13.5 Å². The van der Waals surface area contributed by atoms with E-state index in [2.05, 4.69) is 15.3 Å². The third kappa shape index (κ3) is 4.87. The molecular formula is C19H23N5O4. The van der Waals surface area contributed by atoms with E-state index in [1.54, 1.807) is 29.3 Å². The lowest BCUT2D eigenvalue weighted by molar-refractivity contribution is 0.0697. The predicted molar refractivity (Wildman–Crippen MR) is 103 cm³/mol. The fourth-order valence-corrected chi connectivity index (χ4v) is 2.88. The molecule has 2 N–H and O–H groups in total. The third-order valence-electron chi connectivity index (χ3n) is 4.40. The van der Waals surface area contributed by atoms with E-state index in [0.29, 0.717) is 51.2 Å². The highest BCUT2D eigenvalue weighted by Gasteiger charge is 2.22. The number of aromatic nitrogens is 2. The molecule has 1 aliphatic heterocycles. The second-order valence-corrected chi connectivity index (χ2v) is 6.26. The van der Waals surface area contributed by atoms with Crippen LogP contribution in [-0.2, 0) is 6.54 Å². The number of ether oxygens (including phenoxy) is 1. The van der Waals surface area contributed by atoms with Crippen molar-refractivity contribution >= 4 is 17.9 Å². The second kappa shape index (κ2) is 9.03. The van der Waals surface area contributed by atoms with Crippen LogP contribution in [0.1, 0.15) is 22.8 Å². The summed E-state index contributed by atoms with van der Waals surface area (Å²) < 4.78 is 5.41. The zero-order chi connectivity index (χ0) is 19.9. The summed E-state index contributed by atoms with van der Waals surface area (Å²) in [6, 6.07) is 8.03. The van der Waals surface area contributed by atoms with Crippen molar-refractivity contribution in [3.8, 4) is 5.88 Å². The van der Waals surface area contributed by atoms with E-state index >= 15 is 0 Å². The minimum absolute atomic E-state index is 0.147. The summed E-state index contributed by atoms with van der Waals surface area (Å²) in [4.78, 5) is 35.7. The number of carboxylic acid groups (broad SMARTS) is 1. The molecule has 1 aromatic heterocycles. The highest BCUT2D eigenvalue weighted by atomic mass is 16.5. The molecule has 1 saturated heterocycles. The van der Waals surface area contributed by atoms with E-state index < -0.39 is 5.97 Å². The minimum Gasteiger partial charge on any atom is -0.478 e. The zero-order valence-electron chi connectivity index (χ0n) is 15.7. The van der Waals surface area contributed by atoms with Crippen molar-refractivity contribution in [3.63, 3.8) is 0 Å². The maximum atomic E-state index is 12.4. The minimum atomic E-state index is -0.968. The summed E-state index contributed by atoms with van der Waals surface area (Å²) in [5.41, 5.74) is 1.07. The number of benzene rings is 1. The number of carbonyl (C=O) groups excluding carboxylic acids is 1. The number of hydrogen-bond acceptors (Lipinski definition) is 6. The Labute approximate surface area is 163 Å². The quantitative estimate of drug-likeness (QED) is 0.778. The predicted octanol–water partition coefficient (Wildman–Crippen LogP) is 1.61. The molecule has 1 aromatic carbocycles. The first kappa shape index (κ1) is 19.4. The van der Waals surface area contributed by atoms with Gasteiger partial charge in [-0.15, -0.1) is 0 Å². The largest absolute Gasteiger partial charge is 0.478 e. The van der Waals surface area contributed by atoms with Crippen LogP contribution >= 0.6 is 0 Å². The zero-order valence-corrected chi connectivity index (χ0v) is 15.7. The number of carbonyl (C=O) groups is 2. The van der Waals surface area contributed by atoms with Crippen molar-refractivity contribution in [3.05, 3.63) is 47.7 Å². The molecule has 0 unspecified atom stereocenters. The third-order valence-corrected chi connectivity index (χ3v) is 4.40. The van der Waals surface area contributed by atoms with Gasteiger partial charge >= 0.3 is 12.0 Å². The van der Waals surface area contributed by atoms with Gasteiger partial charge in [-0.3, -0.25) is 0 Å². The average Bonchev–Trinajstić information content (AvgIpc) is 2.73. The topological polar surface area (TPSA) is 108 Å². The number of rotatable bonds is 6. The van der Waals surface area contributed by atoms with Crippen LogP contribution in [0.2, 0.25) is 0 Å². The molecule has 0 saturated carbocycles. The summed E-state index contributed by atoms with van der Waals surface area (Å²) in [6.45, 7) is 5.19. The van der Waals surface area contributed by atoms with Crippen molar-refractivity contribution in [2.75, 3.05) is 37.7 Å². The number of amides is 2. The summed E-state index contributed by atoms with van der Waals surface area (Å²) in [7, 11) is 0. The fourth-order valence-electron chi connectivity index (χ4n) is 2.88. The van der Waals surface area contributed by atoms with Gasteiger partial charge in [0.1, 0.15) is 0 Å². The Morgan fingerprint density at radius 3 is 2.50 bits per heavy atom. The first-order chi connectivity index (χ1) is 13.6. The molecule has 3 rings (SSSR count). The number of nitrogens with one attached hydrogen (secondary N) is 1. The molecule has 1 fully saturated rings. The maximum Gasteiger partial charge on any atom is 0.335 e. The average molecular weight is 385 g/mol. The molecule has 2 heterocycles. The molecule has 2 amide bonds. The lowest BCUT2D eigenvalue weighted by atomic mass is 10.1. The number of nitrogens with zero attached hydrogens (tertiary/aromatic N) is 4. The van der Waals surface area contributed by atoms with E-state index in [1.165, 1.54) is 12.1 Å². The Morgan fingerprint density at radius 2 is 1.86 bits per heavy atom. The summed E-state index contributed by atoms with van der Waals surface area (Å²) in [5, 5.41) is 11.8. The fraction of sp³-hybridized carbons (Fsp3) is 0.368. The Bertz CT molecular complexity index is 819. The molecule has 9 nitrogen and oxygen atoms in total. The first-order valence-corrected chi connectivity index (χ1v) is 9.12. The Kier molecular flexibility index (Phi) is 6.25. The molecule has 9 heteroatoms. The van der Waals surface area contributed by atoms with Gasteiger partial charge in [-0.05, 0) is 24.6 Å². The number of urea groups is 1. The van der Waals surface area contributed by atoms with Gasteiger partial charge in [0.2, 0.25) is 11.8 Å². The SMILES string of the molecule is CCOc1ccnc(N2CCN(C(=O)NCc3ccc(C(=O)O)cc3)CC2)n1. The first-order valence-electron chi connectivity index (χ1n) is 9.12. The standard InChI is InChI=1S/C19H23N5O4/c1-2-28-16-7-8-20-18(22-16)23-9-11-24(12-10-23)19(27)21-13-14-3-5-15(6-4-14)17(25)26/h3-8H,2,9-13H2,1H3,(H,21,27)(H,25,26). The summed E-state index contributed by atoms with van der Waals surface area (Å²) in [6.07, 6.45) is 1.67. The monoisotopic (exact) mass is 385 g/mol. The smallest absolute Gasteiger partial charge is 0.335 e. The van der Waals surface area contributed by atoms with Crippen molar-refractivity contribution in [2.24, 2.45) is 0 Å². The number of anilines is 1. The molecule has 148 valence electrons. The second-order valence-electron chi connectivity index (χ2n) is 6.26. The molecule has 0 spiro atoms. The van der Waals surface area contributed by atoms with Crippen LogP contribution in [0.4, 0.5) is 10.7 Å². The molecule has 28 heavy (non-hydrogen) atoms. The van der Waals surface area contributed by atoms with Gasteiger partial charge in [0.15, 0.2) is 0 Å². The molecule has 1 aliphatic rings. The summed E-state index contributed by atoms with van der Waals surface area (Å²) >= 11 is 0. The molecule has 0 bridgehead atoms. The van der Waals surface area contributed by atoms with Gasteiger partial charge in [-0.25, -0.2) is 14.6 Å². The van der Waals surface area contributed by atoms with Crippen LogP contribution in [0, 0.1) is 0 Å². The van der Waals surface area contributed by atoms with E-state index in [9.17, 15) is 9.59 Å². The van der Waals surface area contributed by atoms with E-state index in [0.717, 1.165) is 5.56 Å². The number of piperazine rings is 1. The van der Waals surface area contributed by atoms with Crippen LogP contribution in [-0.4, -0.2) is 64.8 Å². The van der Waals surface area contributed by atoms with Crippen LogP contribution < -0.4 is 15.0 Å². The maximum absolute atomic E-state index is 12.4. The van der Waals surface area contributed by atoms with Crippen molar-refractivity contribution in [1.29, 1.82) is 0 Å². The van der Waals surface area contributed by atoms with Crippen molar-refractivity contribution < 1.29 is 19.4 Å². The van der Waals surface area contributed by atoms with E-state index in [4.69, 9.17) is 9.84 Å². The molecule has 2 aromatic rings. The molecule has 0 aliphatic carbocycles. The Morgan fingerprint density at radius 1 is 1.14 bits per heavy atom. The van der Waals surface area contributed by atoms with E-state index in [1.807, 2.05) is 11.8 Å². The number of carboxylic acids is 1. The number of aromatic carboxylic acids is 1. The van der Waals surface area contributed by atoms with Gasteiger partial charge in [-0.1, -0.05) is 12.1 Å². The normalized spacial score (nSPS) is 13.9. The lowest BCUT2D eigenvalue weighted by Gasteiger charge is -2.34. The lowest BCUT2D eigenvalue weighted by Crippen LogP contribution is -2.52. The van der Waals surface area contributed by atoms with Crippen LogP contribution in [0.25, 0.3) is 0 Å². The Hall–Kier alpha value is -3.36. The molecule has 0 radical (unpaired) electrons. The highest BCUT2D eigenvalue weighted by molar-refractivity contribution is 5.87. The Balaban J connectivity index is 1.48. The molecule has 0 atom stereocenters. The van der Waals surface area contributed by atoms with Gasteiger partial charge in [0.25, 0.3) is 0 Å². The van der Waals surface area contributed by atoms with Gasteiger partial charge in [-0.2, -0.15) is 4.98 Å². The van der Waals surface area contributed by atoms with Gasteiger partial charge in [0, 0.05) is 45.0 Å². The highest BCUT2D eigenvalue weighted by Crippen LogP contribution is 2.15.